The molecule has 5 heteroatoms. The highest BCUT2D eigenvalue weighted by atomic mass is 16.5. The second kappa shape index (κ2) is 4.94. The van der Waals surface area contributed by atoms with Gasteiger partial charge >= 0.3 is 0 Å². The van der Waals surface area contributed by atoms with Gasteiger partial charge in [-0.25, -0.2) is 0 Å². The number of furan rings is 1. The fourth-order valence-corrected chi connectivity index (χ4v) is 1.47. The van der Waals surface area contributed by atoms with Gasteiger partial charge in [0.25, 0.3) is 0 Å². The van der Waals surface area contributed by atoms with Crippen LogP contribution in [-0.2, 0) is 6.42 Å². The number of hydrogen-bond acceptors (Lipinski definition) is 5. The molecule has 0 fully saturated rings. The highest BCUT2D eigenvalue weighted by Crippen LogP contribution is 2.21. The summed E-state index contributed by atoms with van der Waals surface area (Å²) in [4.78, 5) is 4.29. The van der Waals surface area contributed by atoms with E-state index in [0.717, 1.165) is 24.9 Å². The van der Waals surface area contributed by atoms with Crippen molar-refractivity contribution in [3.05, 3.63) is 23.8 Å². The Labute approximate surface area is 93.8 Å². The van der Waals surface area contributed by atoms with Crippen LogP contribution in [0.5, 0.6) is 0 Å². The van der Waals surface area contributed by atoms with Gasteiger partial charge in [-0.1, -0.05) is 5.16 Å². The summed E-state index contributed by atoms with van der Waals surface area (Å²) in [7, 11) is 1.92. The van der Waals surface area contributed by atoms with Crippen LogP contribution in [0.25, 0.3) is 11.6 Å². The lowest BCUT2D eigenvalue weighted by atomic mass is 10.3. The summed E-state index contributed by atoms with van der Waals surface area (Å²) in [6.07, 6.45) is 3.39. The number of aryl methyl sites for hydroxylation is 2. The monoisotopic (exact) mass is 221 g/mol. The zero-order chi connectivity index (χ0) is 11.4. The molecule has 0 aliphatic heterocycles. The Balaban J connectivity index is 2.05. The summed E-state index contributed by atoms with van der Waals surface area (Å²) >= 11 is 0. The minimum absolute atomic E-state index is 0.530. The molecule has 1 N–H and O–H groups in total. The summed E-state index contributed by atoms with van der Waals surface area (Å²) in [5, 5.41) is 6.97. The molecule has 0 amide bonds. The zero-order valence-electron chi connectivity index (χ0n) is 9.49. The van der Waals surface area contributed by atoms with Crippen LogP contribution in [0.3, 0.4) is 0 Å². The first-order valence-electron chi connectivity index (χ1n) is 5.33. The van der Waals surface area contributed by atoms with E-state index in [1.807, 2.05) is 20.0 Å². The maximum absolute atomic E-state index is 5.29. The van der Waals surface area contributed by atoms with Crippen molar-refractivity contribution in [2.45, 2.75) is 19.8 Å². The summed E-state index contributed by atoms with van der Waals surface area (Å²) in [6, 6.07) is 1.88. The lowest BCUT2D eigenvalue weighted by molar-refractivity contribution is 0.374. The highest BCUT2D eigenvalue weighted by Gasteiger charge is 2.13. The molecular formula is C11H15N3O2. The summed E-state index contributed by atoms with van der Waals surface area (Å²) < 4.78 is 10.4. The molecule has 0 bridgehead atoms. The number of nitrogens with zero attached hydrogens (tertiary/aromatic N) is 2. The fraction of sp³-hybridized carbons (Fsp3) is 0.455. The van der Waals surface area contributed by atoms with Crippen molar-refractivity contribution in [2.24, 2.45) is 0 Å². The molecule has 2 aromatic rings. The van der Waals surface area contributed by atoms with Crippen LogP contribution in [-0.4, -0.2) is 23.7 Å². The van der Waals surface area contributed by atoms with Crippen molar-refractivity contribution >= 4 is 0 Å². The molecule has 86 valence electrons. The van der Waals surface area contributed by atoms with Gasteiger partial charge in [0.05, 0.1) is 6.26 Å². The number of aromatic nitrogens is 2. The molecule has 0 saturated heterocycles. The number of hydrogen-bond donors (Lipinski definition) is 1. The zero-order valence-corrected chi connectivity index (χ0v) is 9.49. The first kappa shape index (κ1) is 10.9. The summed E-state index contributed by atoms with van der Waals surface area (Å²) in [5.41, 5.74) is 1.02. The van der Waals surface area contributed by atoms with Crippen LogP contribution >= 0.6 is 0 Å². The van der Waals surface area contributed by atoms with Gasteiger partial charge in [-0.05, 0) is 38.6 Å². The van der Waals surface area contributed by atoms with E-state index < -0.39 is 0 Å². The van der Waals surface area contributed by atoms with Crippen LogP contribution < -0.4 is 5.32 Å². The molecule has 0 radical (unpaired) electrons. The maximum Gasteiger partial charge on any atom is 0.238 e. The van der Waals surface area contributed by atoms with Crippen molar-refractivity contribution < 1.29 is 8.94 Å². The van der Waals surface area contributed by atoms with Crippen molar-refractivity contribution in [3.8, 4) is 11.6 Å². The molecule has 16 heavy (non-hydrogen) atoms. The molecular weight excluding hydrogens is 206 g/mol. The molecule has 0 aliphatic rings. The standard InChI is InChI=1S/C11H15N3O2/c1-8-5-7-15-10(8)11-13-9(16-14-11)4-3-6-12-2/h5,7,12H,3-4,6H2,1-2H3. The van der Waals surface area contributed by atoms with Gasteiger partial charge in [0.15, 0.2) is 5.76 Å². The third kappa shape index (κ3) is 2.30. The Morgan fingerprint density at radius 1 is 1.44 bits per heavy atom. The highest BCUT2D eigenvalue weighted by molar-refractivity contribution is 5.50. The van der Waals surface area contributed by atoms with E-state index >= 15 is 0 Å². The third-order valence-corrected chi connectivity index (χ3v) is 2.35. The molecule has 0 unspecified atom stereocenters. The van der Waals surface area contributed by atoms with E-state index in [2.05, 4.69) is 15.5 Å². The van der Waals surface area contributed by atoms with Gasteiger partial charge in [0, 0.05) is 6.42 Å². The summed E-state index contributed by atoms with van der Waals surface area (Å²) in [6.45, 7) is 2.90. The average molecular weight is 221 g/mol. The van der Waals surface area contributed by atoms with Crippen LogP contribution in [0, 0.1) is 6.92 Å². The second-order valence-corrected chi connectivity index (χ2v) is 3.65. The molecule has 0 spiro atoms. The minimum atomic E-state index is 0.530. The molecule has 0 aliphatic carbocycles. The SMILES string of the molecule is CNCCCc1nc(-c2occc2C)no1. The van der Waals surface area contributed by atoms with Crippen molar-refractivity contribution in [1.29, 1.82) is 0 Å². The largest absolute Gasteiger partial charge is 0.461 e. The van der Waals surface area contributed by atoms with Crippen molar-refractivity contribution in [1.82, 2.24) is 15.5 Å². The van der Waals surface area contributed by atoms with Gasteiger partial charge in [-0.2, -0.15) is 4.98 Å². The molecule has 0 saturated carbocycles. The van der Waals surface area contributed by atoms with Gasteiger partial charge in [0.1, 0.15) is 0 Å². The molecule has 0 atom stereocenters. The predicted octanol–water partition coefficient (Wildman–Crippen LogP) is 1.79. The number of nitrogens with one attached hydrogen (secondary N) is 1. The number of rotatable bonds is 5. The van der Waals surface area contributed by atoms with E-state index in [0.29, 0.717) is 17.5 Å². The lowest BCUT2D eigenvalue weighted by Crippen LogP contribution is -2.08. The van der Waals surface area contributed by atoms with Gasteiger partial charge in [0.2, 0.25) is 11.7 Å². The predicted molar refractivity (Wildman–Crippen MR) is 59.0 cm³/mol. The van der Waals surface area contributed by atoms with Gasteiger partial charge in [-0.15, -0.1) is 0 Å². The first-order valence-corrected chi connectivity index (χ1v) is 5.33. The van der Waals surface area contributed by atoms with Gasteiger partial charge < -0.3 is 14.3 Å². The maximum atomic E-state index is 5.29. The normalized spacial score (nSPS) is 10.9. The Bertz CT molecular complexity index is 448. The Morgan fingerprint density at radius 2 is 2.31 bits per heavy atom. The van der Waals surface area contributed by atoms with E-state index in [1.165, 1.54) is 0 Å². The quantitative estimate of drug-likeness (QED) is 0.780. The van der Waals surface area contributed by atoms with Crippen LogP contribution in [0.2, 0.25) is 0 Å². The topological polar surface area (TPSA) is 64.1 Å². The van der Waals surface area contributed by atoms with Crippen LogP contribution in [0.1, 0.15) is 17.9 Å². The Hall–Kier alpha value is -1.62. The van der Waals surface area contributed by atoms with Crippen molar-refractivity contribution in [2.75, 3.05) is 13.6 Å². The fourth-order valence-electron chi connectivity index (χ4n) is 1.47. The Morgan fingerprint density at radius 3 is 3.00 bits per heavy atom. The van der Waals surface area contributed by atoms with E-state index in [4.69, 9.17) is 8.94 Å². The third-order valence-electron chi connectivity index (χ3n) is 2.35. The molecule has 0 aromatic carbocycles. The first-order chi connectivity index (χ1) is 7.81. The second-order valence-electron chi connectivity index (χ2n) is 3.65. The Kier molecular flexibility index (Phi) is 3.36. The van der Waals surface area contributed by atoms with E-state index in [-0.39, 0.29) is 0 Å². The molecule has 2 aromatic heterocycles. The van der Waals surface area contributed by atoms with Crippen LogP contribution in [0.15, 0.2) is 21.3 Å². The van der Waals surface area contributed by atoms with E-state index in [9.17, 15) is 0 Å². The summed E-state index contributed by atoms with van der Waals surface area (Å²) in [5.74, 6) is 1.87. The van der Waals surface area contributed by atoms with Crippen molar-refractivity contribution in [3.63, 3.8) is 0 Å². The van der Waals surface area contributed by atoms with Crippen LogP contribution in [0.4, 0.5) is 0 Å². The smallest absolute Gasteiger partial charge is 0.238 e. The van der Waals surface area contributed by atoms with E-state index in [1.54, 1.807) is 6.26 Å². The average Bonchev–Trinajstić information content (AvgIpc) is 2.87. The van der Waals surface area contributed by atoms with Gasteiger partial charge in [-0.3, -0.25) is 0 Å². The molecule has 2 rings (SSSR count). The lowest BCUT2D eigenvalue weighted by Gasteiger charge is -1.93. The minimum Gasteiger partial charge on any atom is -0.461 e. The molecule has 2 heterocycles. The molecule has 5 nitrogen and oxygen atoms in total.